The van der Waals surface area contributed by atoms with Gasteiger partial charge in [-0.15, -0.1) is 0 Å². The lowest BCUT2D eigenvalue weighted by molar-refractivity contribution is 0.0906. The summed E-state index contributed by atoms with van der Waals surface area (Å²) in [4.78, 5) is 11.0. The Morgan fingerprint density at radius 3 is 2.17 bits per heavy atom. The van der Waals surface area contributed by atoms with Gasteiger partial charge in [-0.1, -0.05) is 53.5 Å². The van der Waals surface area contributed by atoms with Crippen molar-refractivity contribution < 1.29 is 9.18 Å². The molecule has 0 aromatic heterocycles. The topological polar surface area (TPSA) is 17.1 Å². The third-order valence-electron chi connectivity index (χ3n) is 1.29. The summed E-state index contributed by atoms with van der Waals surface area (Å²) in [5.74, 6) is -0.938. The second-order valence-electron chi connectivity index (χ2n) is 2.19. The average molecular weight is 207 g/mol. The van der Waals surface area contributed by atoms with Crippen LogP contribution in [0.3, 0.4) is 0 Å². The number of hydrogen-bond donors (Lipinski definition) is 0. The van der Waals surface area contributed by atoms with E-state index in [1.807, 2.05) is 0 Å². The van der Waals surface area contributed by atoms with Crippen LogP contribution in [-0.4, -0.2) is 10.4 Å². The van der Waals surface area contributed by atoms with Gasteiger partial charge < -0.3 is 0 Å². The highest BCUT2D eigenvalue weighted by molar-refractivity contribution is 6.58. The molecule has 0 bridgehead atoms. The Balaban J connectivity index is 2.94. The number of rotatable bonds is 2. The quantitative estimate of drug-likeness (QED) is 0.538. The van der Waals surface area contributed by atoms with Crippen LogP contribution in [0.15, 0.2) is 30.3 Å². The van der Waals surface area contributed by atoms with E-state index < -0.39 is 10.4 Å². The van der Waals surface area contributed by atoms with Crippen LogP contribution < -0.4 is 0 Å². The first-order valence-electron chi connectivity index (χ1n) is 3.18. The number of carbonyl (C=O) groups is 1. The summed E-state index contributed by atoms with van der Waals surface area (Å²) in [6.45, 7) is 0. The number of benzene rings is 1. The highest BCUT2D eigenvalue weighted by Gasteiger charge is 2.33. The van der Waals surface area contributed by atoms with Crippen LogP contribution in [0.2, 0.25) is 0 Å². The van der Waals surface area contributed by atoms with Crippen molar-refractivity contribution in [3.05, 3.63) is 35.9 Å². The second-order valence-corrected chi connectivity index (χ2v) is 3.43. The molecule has 0 unspecified atom stereocenters. The third-order valence-corrected chi connectivity index (χ3v) is 1.64. The Morgan fingerprint density at radius 2 is 1.75 bits per heavy atom. The molecule has 0 atom stereocenters. The minimum Gasteiger partial charge on any atom is -0.288 e. The zero-order valence-electron chi connectivity index (χ0n) is 5.93. The van der Waals surface area contributed by atoms with E-state index >= 15 is 0 Å². The van der Waals surface area contributed by atoms with Crippen molar-refractivity contribution in [1.29, 1.82) is 0 Å². The first kappa shape index (κ1) is 9.49. The zero-order chi connectivity index (χ0) is 9.19. The normalized spacial score (nSPS) is 11.2. The molecule has 0 spiro atoms. The molecule has 1 nitrogen and oxygen atoms in total. The molecule has 1 rings (SSSR count). The molecule has 1 aromatic carbocycles. The lowest BCUT2D eigenvalue weighted by Crippen LogP contribution is -2.19. The Labute approximate surface area is 79.1 Å². The standard InChI is InChI=1S/C8H5Cl2FO/c9-8(10,11)7(12)6-4-2-1-3-5-6/h1-5H. The van der Waals surface area contributed by atoms with Gasteiger partial charge in [-0.05, 0) is 0 Å². The van der Waals surface area contributed by atoms with E-state index in [1.54, 1.807) is 18.2 Å². The van der Waals surface area contributed by atoms with Gasteiger partial charge in [-0.3, -0.25) is 4.79 Å². The van der Waals surface area contributed by atoms with Gasteiger partial charge in [0.15, 0.2) is 0 Å². The molecule has 0 N–H and O–H groups in total. The first-order valence-corrected chi connectivity index (χ1v) is 3.94. The second kappa shape index (κ2) is 3.42. The summed E-state index contributed by atoms with van der Waals surface area (Å²) >= 11 is 9.93. The van der Waals surface area contributed by atoms with E-state index in [4.69, 9.17) is 23.2 Å². The largest absolute Gasteiger partial charge is 0.320 e. The zero-order valence-corrected chi connectivity index (χ0v) is 7.44. The van der Waals surface area contributed by atoms with Crippen LogP contribution in [0, 0.1) is 0 Å². The Kier molecular flexibility index (Phi) is 2.70. The summed E-state index contributed by atoms with van der Waals surface area (Å²) in [5, 5.41) is 0. The van der Waals surface area contributed by atoms with Gasteiger partial charge in [-0.25, -0.2) is 0 Å². The number of hydrogen-bond acceptors (Lipinski definition) is 1. The summed E-state index contributed by atoms with van der Waals surface area (Å²) in [6.07, 6.45) is 0. The van der Waals surface area contributed by atoms with Gasteiger partial charge in [0.05, 0.1) is 0 Å². The lowest BCUT2D eigenvalue weighted by Gasteiger charge is -2.06. The van der Waals surface area contributed by atoms with Crippen LogP contribution in [0.1, 0.15) is 10.4 Å². The number of halogens is 3. The van der Waals surface area contributed by atoms with Crippen molar-refractivity contribution in [1.82, 2.24) is 0 Å². The van der Waals surface area contributed by atoms with Crippen molar-refractivity contribution in [2.75, 3.05) is 0 Å². The van der Waals surface area contributed by atoms with Crippen molar-refractivity contribution in [2.45, 2.75) is 4.59 Å². The predicted octanol–water partition coefficient (Wildman–Crippen LogP) is 2.97. The van der Waals surface area contributed by atoms with Gasteiger partial charge >= 0.3 is 4.59 Å². The fraction of sp³-hybridized carbons (Fsp3) is 0.125. The molecule has 0 heterocycles. The molecule has 0 aliphatic rings. The summed E-state index contributed by atoms with van der Waals surface area (Å²) < 4.78 is 9.82. The monoisotopic (exact) mass is 206 g/mol. The first-order chi connectivity index (χ1) is 5.52. The molecule has 0 saturated carbocycles. The molecule has 4 heteroatoms. The molecule has 0 saturated heterocycles. The van der Waals surface area contributed by atoms with Gasteiger partial charge in [0, 0.05) is 5.56 Å². The summed E-state index contributed by atoms with van der Waals surface area (Å²) in [6, 6.07) is 7.81. The van der Waals surface area contributed by atoms with Crippen LogP contribution in [0.25, 0.3) is 0 Å². The van der Waals surface area contributed by atoms with Crippen molar-refractivity contribution in [2.24, 2.45) is 0 Å². The molecule has 1 aromatic rings. The minimum atomic E-state index is -2.83. The Bertz CT molecular complexity index is 279. The SMILES string of the molecule is O=C(c1ccccc1)C(F)(Cl)Cl. The predicted molar refractivity (Wildman–Crippen MR) is 46.3 cm³/mol. The van der Waals surface area contributed by atoms with E-state index in [0.717, 1.165) is 0 Å². The van der Waals surface area contributed by atoms with Gasteiger partial charge in [0.2, 0.25) is 5.78 Å². The lowest BCUT2D eigenvalue weighted by atomic mass is 10.1. The maximum absolute atomic E-state index is 12.6. The molecule has 12 heavy (non-hydrogen) atoms. The van der Waals surface area contributed by atoms with Crippen molar-refractivity contribution >= 4 is 29.0 Å². The van der Waals surface area contributed by atoms with Crippen molar-refractivity contribution in [3.8, 4) is 0 Å². The average Bonchev–Trinajstić information content (AvgIpc) is 2.03. The van der Waals surface area contributed by atoms with Gasteiger partial charge in [0.1, 0.15) is 0 Å². The smallest absolute Gasteiger partial charge is 0.288 e. The molecule has 0 amide bonds. The highest BCUT2D eigenvalue weighted by atomic mass is 35.5. The Hall–Kier alpha value is -0.600. The fourth-order valence-corrected chi connectivity index (χ4v) is 0.971. The fourth-order valence-electron chi connectivity index (χ4n) is 0.753. The maximum atomic E-state index is 12.6. The third kappa shape index (κ3) is 2.19. The van der Waals surface area contributed by atoms with Gasteiger partial charge in [0.25, 0.3) is 0 Å². The van der Waals surface area contributed by atoms with Crippen molar-refractivity contribution in [3.63, 3.8) is 0 Å². The number of carbonyl (C=O) groups excluding carboxylic acids is 1. The van der Waals surface area contributed by atoms with Gasteiger partial charge in [-0.2, -0.15) is 4.39 Å². The van der Waals surface area contributed by atoms with E-state index in [0.29, 0.717) is 0 Å². The highest BCUT2D eigenvalue weighted by Crippen LogP contribution is 2.27. The van der Waals surface area contributed by atoms with E-state index in [9.17, 15) is 9.18 Å². The molecule has 0 radical (unpaired) electrons. The van der Waals surface area contributed by atoms with Crippen LogP contribution >= 0.6 is 23.2 Å². The molecule has 0 fully saturated rings. The molecule has 64 valence electrons. The number of Topliss-reactive ketones (excluding diaryl/α,β-unsaturated/α-hetero) is 1. The molecule has 0 aliphatic carbocycles. The van der Waals surface area contributed by atoms with E-state index in [2.05, 4.69) is 0 Å². The van der Waals surface area contributed by atoms with Crippen LogP contribution in [0.4, 0.5) is 4.39 Å². The minimum absolute atomic E-state index is 0.157. The van der Waals surface area contributed by atoms with E-state index in [-0.39, 0.29) is 5.56 Å². The van der Waals surface area contributed by atoms with Crippen LogP contribution in [-0.2, 0) is 0 Å². The summed E-state index contributed by atoms with van der Waals surface area (Å²) in [5.41, 5.74) is 0.157. The van der Waals surface area contributed by atoms with Crippen LogP contribution in [0.5, 0.6) is 0 Å². The summed E-state index contributed by atoms with van der Waals surface area (Å²) in [7, 11) is 0. The molecular weight excluding hydrogens is 202 g/mol. The number of ketones is 1. The number of alkyl halides is 3. The maximum Gasteiger partial charge on any atom is 0.320 e. The molecule has 0 aliphatic heterocycles. The Morgan fingerprint density at radius 1 is 1.25 bits per heavy atom. The molecular formula is C8H5Cl2FO. The van der Waals surface area contributed by atoms with E-state index in [1.165, 1.54) is 12.1 Å².